The van der Waals surface area contributed by atoms with Gasteiger partial charge in [-0.1, -0.05) is 0 Å². The van der Waals surface area contributed by atoms with Crippen LogP contribution < -0.4 is 5.32 Å². The molecule has 0 radical (unpaired) electrons. The highest BCUT2D eigenvalue weighted by molar-refractivity contribution is 5.74. The van der Waals surface area contributed by atoms with E-state index in [1.807, 2.05) is 0 Å². The zero-order valence-electron chi connectivity index (χ0n) is 19.3. The second-order valence-corrected chi connectivity index (χ2v) is 7.27. The van der Waals surface area contributed by atoms with E-state index in [4.69, 9.17) is 28.4 Å². The van der Waals surface area contributed by atoms with E-state index in [1.54, 1.807) is 0 Å². The van der Waals surface area contributed by atoms with Crippen molar-refractivity contribution in [3.8, 4) is 0 Å². The van der Waals surface area contributed by atoms with Crippen molar-refractivity contribution in [2.45, 2.75) is 84.7 Å². The van der Waals surface area contributed by atoms with Gasteiger partial charge in [0.25, 0.3) is 0 Å². The number of hydrogen-bond donors (Lipinski definition) is 1. The molecule has 13 heteroatoms. The molecule has 0 aliphatic carbocycles. The van der Waals surface area contributed by atoms with Crippen molar-refractivity contribution in [1.29, 1.82) is 0 Å². The fraction of sp³-hybridized carbons (Fsp3) is 0.700. The van der Waals surface area contributed by atoms with Crippen molar-refractivity contribution in [2.75, 3.05) is 6.61 Å². The van der Waals surface area contributed by atoms with Crippen molar-refractivity contribution < 1.29 is 57.2 Å². The maximum Gasteiger partial charge on any atom is 0.304 e. The first kappa shape index (κ1) is 27.8. The summed E-state index contributed by atoms with van der Waals surface area (Å²) >= 11 is 0. The number of carbonyl (C=O) groups is 6. The van der Waals surface area contributed by atoms with Crippen LogP contribution in [-0.4, -0.2) is 79.1 Å². The van der Waals surface area contributed by atoms with Crippen molar-refractivity contribution in [1.82, 2.24) is 5.32 Å². The van der Waals surface area contributed by atoms with Gasteiger partial charge in [-0.15, -0.1) is 0 Å². The molecule has 0 saturated carbocycles. The predicted octanol–water partition coefficient (Wildman–Crippen LogP) is -0.473. The SMILES string of the molecule is CC(=O)N[C@H]1[C@H]([C@H](OC(C)=O)[C@@H](COC(C)=O)OC(C)=O)O[C@@H](OC(C)=O)C[C@@H]1OC(C)=O. The van der Waals surface area contributed by atoms with Crippen LogP contribution in [0.4, 0.5) is 0 Å². The standard InChI is InChI=1S/C20H29NO12/c1-9(22)21-18-15(29-11(3)24)7-17(31-13(5)26)33-20(18)19(32-14(6)27)16(30-12(4)25)8-28-10(2)23/h15-20H,7-8H2,1-6H3,(H,21,22)/t15-,16+,17+,18+,19+,20+/m0/s1. The molecule has 0 aromatic heterocycles. The highest BCUT2D eigenvalue weighted by Crippen LogP contribution is 2.29. The largest absolute Gasteiger partial charge is 0.462 e. The first-order chi connectivity index (χ1) is 15.3. The van der Waals surface area contributed by atoms with Crippen molar-refractivity contribution in [3.05, 3.63) is 0 Å². The summed E-state index contributed by atoms with van der Waals surface area (Å²) in [7, 11) is 0. The van der Waals surface area contributed by atoms with Gasteiger partial charge in [0.1, 0.15) is 18.8 Å². The monoisotopic (exact) mass is 475 g/mol. The molecular formula is C20H29NO12. The van der Waals surface area contributed by atoms with Crippen LogP contribution in [0.2, 0.25) is 0 Å². The summed E-state index contributed by atoms with van der Waals surface area (Å²) in [6.45, 7) is 6.23. The van der Waals surface area contributed by atoms with Crippen LogP contribution >= 0.6 is 0 Å². The van der Waals surface area contributed by atoms with Crippen molar-refractivity contribution >= 4 is 35.8 Å². The second kappa shape index (κ2) is 12.7. The summed E-state index contributed by atoms with van der Waals surface area (Å²) in [6.07, 6.45) is -6.65. The lowest BCUT2D eigenvalue weighted by atomic mass is 9.91. The Hall–Kier alpha value is -3.22. The third kappa shape index (κ3) is 9.85. The highest BCUT2D eigenvalue weighted by atomic mass is 16.7. The summed E-state index contributed by atoms with van der Waals surface area (Å²) in [5.74, 6) is -4.25. The zero-order chi connectivity index (χ0) is 25.3. The van der Waals surface area contributed by atoms with Gasteiger partial charge in [0.05, 0.1) is 6.04 Å². The minimum Gasteiger partial charge on any atom is -0.462 e. The Kier molecular flexibility index (Phi) is 10.7. The van der Waals surface area contributed by atoms with Gasteiger partial charge >= 0.3 is 29.8 Å². The van der Waals surface area contributed by atoms with E-state index in [0.29, 0.717) is 0 Å². The van der Waals surface area contributed by atoms with Crippen LogP contribution in [0.3, 0.4) is 0 Å². The molecular weight excluding hydrogens is 446 g/mol. The van der Waals surface area contributed by atoms with E-state index in [2.05, 4.69) is 5.32 Å². The Labute approximate surface area is 190 Å². The number of esters is 5. The number of amides is 1. The Balaban J connectivity index is 3.49. The third-order valence-corrected chi connectivity index (χ3v) is 4.23. The van der Waals surface area contributed by atoms with Crippen LogP contribution in [-0.2, 0) is 57.2 Å². The molecule has 1 fully saturated rings. The molecule has 6 atom stereocenters. The Morgan fingerprint density at radius 2 is 1.39 bits per heavy atom. The average molecular weight is 475 g/mol. The van der Waals surface area contributed by atoms with E-state index in [9.17, 15) is 28.8 Å². The lowest BCUT2D eigenvalue weighted by Crippen LogP contribution is -2.64. The summed E-state index contributed by atoms with van der Waals surface area (Å²) in [4.78, 5) is 70.0. The highest BCUT2D eigenvalue weighted by Gasteiger charge is 2.50. The van der Waals surface area contributed by atoms with Gasteiger partial charge in [-0.3, -0.25) is 28.8 Å². The first-order valence-corrected chi connectivity index (χ1v) is 10.0. The molecule has 0 bridgehead atoms. The maximum atomic E-state index is 11.9. The third-order valence-electron chi connectivity index (χ3n) is 4.23. The minimum absolute atomic E-state index is 0.143. The molecule has 1 amide bonds. The normalized spacial score (nSPS) is 23.8. The number of carbonyl (C=O) groups excluding carboxylic acids is 6. The molecule has 0 aromatic carbocycles. The van der Waals surface area contributed by atoms with E-state index in [-0.39, 0.29) is 6.42 Å². The van der Waals surface area contributed by atoms with E-state index >= 15 is 0 Å². The van der Waals surface area contributed by atoms with Crippen LogP contribution in [0.25, 0.3) is 0 Å². The number of hydrogen-bond acceptors (Lipinski definition) is 12. The minimum atomic E-state index is -1.46. The molecule has 0 spiro atoms. The van der Waals surface area contributed by atoms with Gasteiger partial charge in [-0.05, 0) is 0 Å². The van der Waals surface area contributed by atoms with Crippen LogP contribution in [0.5, 0.6) is 0 Å². The fourth-order valence-corrected chi connectivity index (χ4v) is 3.31. The smallest absolute Gasteiger partial charge is 0.304 e. The second-order valence-electron chi connectivity index (χ2n) is 7.27. The fourth-order valence-electron chi connectivity index (χ4n) is 3.31. The van der Waals surface area contributed by atoms with Gasteiger partial charge in [-0.25, -0.2) is 0 Å². The maximum absolute atomic E-state index is 11.9. The Morgan fingerprint density at radius 1 is 0.818 bits per heavy atom. The summed E-state index contributed by atoms with van der Waals surface area (Å²) < 4.78 is 31.7. The summed E-state index contributed by atoms with van der Waals surface area (Å²) in [6, 6.07) is -1.11. The van der Waals surface area contributed by atoms with Gasteiger partial charge < -0.3 is 33.7 Å². The number of nitrogens with one attached hydrogen (secondary N) is 1. The number of ether oxygens (including phenoxy) is 6. The molecule has 0 aromatic rings. The molecule has 33 heavy (non-hydrogen) atoms. The van der Waals surface area contributed by atoms with Crippen LogP contribution in [0.1, 0.15) is 48.0 Å². The lowest BCUT2D eigenvalue weighted by Gasteiger charge is -2.44. The van der Waals surface area contributed by atoms with E-state index < -0.39 is 79.1 Å². The molecule has 186 valence electrons. The predicted molar refractivity (Wildman–Crippen MR) is 106 cm³/mol. The van der Waals surface area contributed by atoms with Gasteiger partial charge in [-0.2, -0.15) is 0 Å². The Bertz CT molecular complexity index is 766. The first-order valence-electron chi connectivity index (χ1n) is 10.0. The molecule has 0 unspecified atom stereocenters. The Morgan fingerprint density at radius 3 is 1.85 bits per heavy atom. The van der Waals surface area contributed by atoms with E-state index in [0.717, 1.165) is 34.6 Å². The van der Waals surface area contributed by atoms with Gasteiger partial charge in [0, 0.05) is 48.0 Å². The van der Waals surface area contributed by atoms with Gasteiger partial charge in [0.2, 0.25) is 12.2 Å². The topological polar surface area (TPSA) is 170 Å². The molecule has 1 rings (SSSR count). The molecule has 1 aliphatic rings. The van der Waals surface area contributed by atoms with Gasteiger partial charge in [0.15, 0.2) is 12.2 Å². The average Bonchev–Trinajstić information content (AvgIpc) is 2.63. The van der Waals surface area contributed by atoms with Crippen LogP contribution in [0.15, 0.2) is 0 Å². The molecule has 1 aliphatic heterocycles. The van der Waals surface area contributed by atoms with Crippen molar-refractivity contribution in [3.63, 3.8) is 0 Å². The number of rotatable bonds is 9. The van der Waals surface area contributed by atoms with E-state index in [1.165, 1.54) is 6.92 Å². The molecule has 13 nitrogen and oxygen atoms in total. The van der Waals surface area contributed by atoms with Crippen LogP contribution in [0, 0.1) is 0 Å². The zero-order valence-corrected chi connectivity index (χ0v) is 19.3. The molecule has 1 N–H and O–H groups in total. The quantitative estimate of drug-likeness (QED) is 0.336. The lowest BCUT2D eigenvalue weighted by molar-refractivity contribution is -0.255. The van der Waals surface area contributed by atoms with Crippen molar-refractivity contribution in [2.24, 2.45) is 0 Å². The summed E-state index contributed by atoms with van der Waals surface area (Å²) in [5.41, 5.74) is 0. The summed E-state index contributed by atoms with van der Waals surface area (Å²) in [5, 5.41) is 2.57. The molecule has 1 heterocycles. The molecule has 1 saturated heterocycles.